The van der Waals surface area contributed by atoms with Crippen molar-refractivity contribution < 1.29 is 32.5 Å². The summed E-state index contributed by atoms with van der Waals surface area (Å²) in [5.41, 5.74) is 0. The molecule has 176 valence electrons. The van der Waals surface area contributed by atoms with Crippen LogP contribution in [0.1, 0.15) is 13.3 Å². The van der Waals surface area contributed by atoms with Crippen LogP contribution >= 0.6 is 24.8 Å². The molecule has 0 aromatic heterocycles. The molecule has 0 saturated heterocycles. The van der Waals surface area contributed by atoms with Crippen molar-refractivity contribution in [3.8, 4) is 0 Å². The molecule has 0 N–H and O–H groups in total. The normalized spacial score (nSPS) is 11.3. The van der Waals surface area contributed by atoms with Gasteiger partial charge in [-0.25, -0.2) is 6.08 Å². The first-order valence-corrected chi connectivity index (χ1v) is 17.0. The zero-order valence-electron chi connectivity index (χ0n) is 19.8. The molecule has 32 heavy (non-hydrogen) atoms. The standard InChI is InChI=1S/C13H9.C10H17O2Si.2CH3.2ClH.Si.Zr/c1-3-7-12-10(5-1)9-11-6-2-4-8-13(11)12;1-5-11-9-7-6-8-10(9)12-13(2,3)4;;;;;;/h1-9H;8H,5-6H2,1-4H3;2*1H3;2*1H;;/q4*-1;;;;. The van der Waals surface area contributed by atoms with Gasteiger partial charge in [0.2, 0.25) is 8.32 Å². The Labute approximate surface area is 225 Å². The van der Waals surface area contributed by atoms with Gasteiger partial charge in [-0.1, -0.05) is 36.4 Å². The van der Waals surface area contributed by atoms with Gasteiger partial charge in [-0.2, -0.15) is 0 Å². The van der Waals surface area contributed by atoms with E-state index in [9.17, 15) is 0 Å². The molecule has 2 nitrogen and oxygen atoms in total. The van der Waals surface area contributed by atoms with E-state index in [-0.39, 0.29) is 39.7 Å². The molecule has 7 heteroatoms. The first kappa shape index (κ1) is 35.9. The Balaban J connectivity index is -0.000000437. The molecule has 0 atom stereocenters. The van der Waals surface area contributed by atoms with Crippen molar-refractivity contribution in [2.45, 2.75) is 33.0 Å². The van der Waals surface area contributed by atoms with Gasteiger partial charge >= 0.3 is 30.2 Å². The summed E-state index contributed by atoms with van der Waals surface area (Å²) in [6, 6.07) is 19.3. The van der Waals surface area contributed by atoms with Gasteiger partial charge in [-0.3, -0.25) is 0 Å². The minimum absolute atomic E-state index is 0. The summed E-state index contributed by atoms with van der Waals surface area (Å²) >= 11 is 1.36. The van der Waals surface area contributed by atoms with Crippen molar-refractivity contribution in [2.75, 3.05) is 6.61 Å². The summed E-state index contributed by atoms with van der Waals surface area (Å²) < 4.78 is 11.2. The van der Waals surface area contributed by atoms with Gasteiger partial charge in [0, 0.05) is 0 Å². The Morgan fingerprint density at radius 1 is 0.938 bits per heavy atom. The zero-order chi connectivity index (χ0) is 20.6. The number of benzene rings is 2. The second-order valence-electron chi connectivity index (χ2n) is 7.24. The summed E-state index contributed by atoms with van der Waals surface area (Å²) in [4.78, 5) is 0. The second-order valence-corrected chi connectivity index (χ2v) is 11.7. The monoisotopic (exact) mass is 582 g/mol. The summed E-state index contributed by atoms with van der Waals surface area (Å²) in [6.07, 6.45) is 5.97. The smallest absolute Gasteiger partial charge is 0.0771 e. The molecule has 0 unspecified atom stereocenters. The number of fused-ring (bicyclic) bond motifs is 3. The fourth-order valence-corrected chi connectivity index (χ4v) is 3.84. The molecule has 2 radical (unpaired) electrons. The molecule has 0 aliphatic heterocycles. The molecule has 0 fully saturated rings. The zero-order valence-corrected chi connectivity index (χ0v) is 25.9. The maximum Gasteiger partial charge on any atom is -0.0771 e. The van der Waals surface area contributed by atoms with Crippen LogP contribution in [0, 0.1) is 20.9 Å². The first-order valence-electron chi connectivity index (χ1n) is 9.39. The van der Waals surface area contributed by atoms with Crippen LogP contribution in [0.3, 0.4) is 0 Å². The van der Waals surface area contributed by atoms with E-state index in [0.29, 0.717) is 6.61 Å². The van der Waals surface area contributed by atoms with Gasteiger partial charge in [0.25, 0.3) is 0 Å². The maximum absolute atomic E-state index is 5.84. The summed E-state index contributed by atoms with van der Waals surface area (Å²) in [7, 11) is -1.50. The van der Waals surface area contributed by atoms with E-state index in [0.717, 1.165) is 17.9 Å². The molecule has 1 aliphatic carbocycles. The Bertz CT molecular complexity index is 928. The van der Waals surface area contributed by atoms with Crippen molar-refractivity contribution >= 4 is 61.6 Å². The van der Waals surface area contributed by atoms with Crippen LogP contribution in [-0.2, 0) is 32.5 Å². The Morgan fingerprint density at radius 2 is 1.41 bits per heavy atom. The van der Waals surface area contributed by atoms with Gasteiger partial charge in [0.1, 0.15) is 0 Å². The summed E-state index contributed by atoms with van der Waals surface area (Å²) in [5, 5.41) is 5.39. The molecule has 0 spiro atoms. The van der Waals surface area contributed by atoms with Crippen LogP contribution in [0.25, 0.3) is 21.5 Å². The van der Waals surface area contributed by atoms with Gasteiger partial charge < -0.3 is 24.0 Å². The van der Waals surface area contributed by atoms with Crippen LogP contribution in [0.5, 0.6) is 0 Å². The quantitative estimate of drug-likeness (QED) is 0.229. The van der Waals surface area contributed by atoms with E-state index in [2.05, 4.69) is 87.2 Å². The van der Waals surface area contributed by atoms with Crippen LogP contribution in [0.15, 0.2) is 72.2 Å². The Hall–Kier alpha value is -0.713. The van der Waals surface area contributed by atoms with Crippen LogP contribution < -0.4 is 0 Å². The maximum atomic E-state index is 5.84. The van der Waals surface area contributed by atoms with E-state index in [4.69, 9.17) is 9.16 Å². The van der Waals surface area contributed by atoms with Crippen LogP contribution in [0.2, 0.25) is 19.6 Å². The first-order chi connectivity index (χ1) is 13.5. The largest absolute Gasteiger partial charge is 0.126 e. The van der Waals surface area contributed by atoms with E-state index in [1.165, 1.54) is 44.9 Å². The van der Waals surface area contributed by atoms with Crippen LogP contribution in [-0.4, -0.2) is 21.8 Å². The molecule has 0 amide bonds. The van der Waals surface area contributed by atoms with Crippen molar-refractivity contribution in [3.63, 3.8) is 0 Å². The van der Waals surface area contributed by atoms with Gasteiger partial charge in [0.05, 0.1) is 6.61 Å². The van der Waals surface area contributed by atoms with Crippen LogP contribution in [0.4, 0.5) is 0 Å². The molecular weight excluding hydrogens is 551 g/mol. The summed E-state index contributed by atoms with van der Waals surface area (Å²) in [5.74, 6) is 1.69. The average molecular weight is 585 g/mol. The van der Waals surface area contributed by atoms with Crippen molar-refractivity contribution in [1.29, 1.82) is 0 Å². The van der Waals surface area contributed by atoms with E-state index < -0.39 is 8.32 Å². The SMILES string of the molecule is CCOC1=[C-]CC=C1O[Si](C)(C)C.Cl.Cl.[CH3-].[CH3-].[Si]=[Zr].c1ccc2c(c1)[cH-]c1ccccc12. The molecule has 0 bridgehead atoms. The number of allylic oxidation sites excluding steroid dienone is 2. The van der Waals surface area contributed by atoms with E-state index in [1.54, 1.807) is 0 Å². The number of ether oxygens (including phenoxy) is 1. The Morgan fingerprint density at radius 3 is 1.84 bits per heavy atom. The number of halogens is 2. The average Bonchev–Trinajstić information content (AvgIpc) is 3.27. The molecule has 3 aromatic carbocycles. The van der Waals surface area contributed by atoms with Crippen molar-refractivity contribution in [2.24, 2.45) is 0 Å². The van der Waals surface area contributed by atoms with E-state index in [1.807, 2.05) is 13.0 Å². The Kier molecular flexibility index (Phi) is 19.9. The molecule has 1 aliphatic rings. The fourth-order valence-electron chi connectivity index (χ4n) is 3.00. The molecule has 0 heterocycles. The van der Waals surface area contributed by atoms with Gasteiger partial charge in [0.15, 0.2) is 0 Å². The number of hydrogen-bond donors (Lipinski definition) is 0. The molecular formula is C25H34Cl2O2Si2Zr-4. The fraction of sp³-hybridized carbons (Fsp3) is 0.240. The predicted octanol–water partition coefficient (Wildman–Crippen LogP) is 7.92. The second kappa shape index (κ2) is 17.7. The molecule has 3 aromatic rings. The summed E-state index contributed by atoms with van der Waals surface area (Å²) in [6.45, 7) is 12.2. The van der Waals surface area contributed by atoms with Crippen molar-refractivity contribution in [3.05, 3.63) is 93.1 Å². The molecule has 4 rings (SSSR count). The number of hydrogen-bond acceptors (Lipinski definition) is 2. The third-order valence-corrected chi connectivity index (χ3v) is 4.83. The van der Waals surface area contributed by atoms with Gasteiger partial charge in [-0.15, -0.1) is 77.1 Å². The minimum atomic E-state index is -1.50. The van der Waals surface area contributed by atoms with Crippen molar-refractivity contribution in [1.82, 2.24) is 0 Å². The molecule has 0 saturated carbocycles. The minimum Gasteiger partial charge on any atom is -0.126 e. The number of rotatable bonds is 4. The predicted molar refractivity (Wildman–Crippen MR) is 146 cm³/mol. The third-order valence-electron chi connectivity index (χ3n) is 4.00. The third kappa shape index (κ3) is 10.5. The topological polar surface area (TPSA) is 18.5 Å². The van der Waals surface area contributed by atoms with Gasteiger partial charge in [-0.05, 0) is 38.1 Å². The van der Waals surface area contributed by atoms with E-state index >= 15 is 0 Å².